The Balaban J connectivity index is 1.83. The minimum absolute atomic E-state index is 0.0292. The fraction of sp³-hybridized carbons (Fsp3) is 0.562. The number of hydrogen-bond donors (Lipinski definition) is 0. The Kier molecular flexibility index (Phi) is 4.72. The summed E-state index contributed by atoms with van der Waals surface area (Å²) in [5, 5.41) is 0. The van der Waals surface area contributed by atoms with Crippen molar-refractivity contribution in [3.05, 3.63) is 35.4 Å². The number of halogens is 2. The molecule has 25 heavy (non-hydrogen) atoms. The summed E-state index contributed by atoms with van der Waals surface area (Å²) in [5.74, 6) is -1.93. The van der Waals surface area contributed by atoms with E-state index in [0.717, 1.165) is 12.1 Å². The second-order valence-corrected chi connectivity index (χ2v) is 8.95. The van der Waals surface area contributed by atoms with E-state index in [4.69, 9.17) is 0 Å². The second-order valence-electron chi connectivity index (χ2n) is 6.80. The highest BCUT2D eigenvalue weighted by Crippen LogP contribution is 2.29. The molecule has 0 bridgehead atoms. The first-order chi connectivity index (χ1) is 11.7. The van der Waals surface area contributed by atoms with E-state index < -0.39 is 27.5 Å². The van der Waals surface area contributed by atoms with E-state index in [9.17, 15) is 22.0 Å². The van der Waals surface area contributed by atoms with Gasteiger partial charge in [0.1, 0.15) is 0 Å². The number of hydrogen-bond acceptors (Lipinski definition) is 4. The van der Waals surface area contributed by atoms with Crippen molar-refractivity contribution < 1.29 is 22.0 Å². The number of carbonyl (C=O) groups excluding carboxylic acids is 1. The molecule has 0 unspecified atom stereocenters. The van der Waals surface area contributed by atoms with Crippen LogP contribution in [0.3, 0.4) is 0 Å². The molecule has 138 valence electrons. The third-order valence-corrected chi connectivity index (χ3v) is 6.49. The molecule has 2 atom stereocenters. The largest absolute Gasteiger partial charge is 0.331 e. The van der Waals surface area contributed by atoms with Crippen molar-refractivity contribution in [1.29, 1.82) is 0 Å². The third kappa shape index (κ3) is 3.62. The first kappa shape index (κ1) is 18.1. The molecule has 1 aromatic rings. The van der Waals surface area contributed by atoms with Gasteiger partial charge < -0.3 is 9.80 Å². The number of piperazine rings is 1. The zero-order chi connectivity index (χ0) is 18.4. The van der Waals surface area contributed by atoms with Gasteiger partial charge in [-0.2, -0.15) is 0 Å². The molecule has 6 nitrogen and oxygen atoms in total. The van der Waals surface area contributed by atoms with Crippen molar-refractivity contribution in [3.63, 3.8) is 0 Å². The first-order valence-corrected chi connectivity index (χ1v) is 9.86. The normalized spacial score (nSPS) is 25.7. The van der Waals surface area contributed by atoms with Crippen LogP contribution < -0.4 is 0 Å². The van der Waals surface area contributed by atoms with Crippen LogP contribution in [-0.2, 0) is 16.4 Å². The van der Waals surface area contributed by atoms with Crippen LogP contribution in [0.4, 0.5) is 13.6 Å². The fourth-order valence-electron chi connectivity index (χ4n) is 3.59. The number of nitrogens with zero attached hydrogens (tertiary/aromatic N) is 3. The molecule has 0 aromatic heterocycles. The summed E-state index contributed by atoms with van der Waals surface area (Å²) in [6.45, 7) is 1.20. The van der Waals surface area contributed by atoms with E-state index in [1.54, 1.807) is 19.0 Å². The summed E-state index contributed by atoms with van der Waals surface area (Å²) in [5.41, 5.74) is 0.578. The van der Waals surface area contributed by atoms with Gasteiger partial charge in [0.05, 0.1) is 17.5 Å². The highest BCUT2D eigenvalue weighted by atomic mass is 32.2. The summed E-state index contributed by atoms with van der Waals surface area (Å²) in [6, 6.07) is 2.73. The molecule has 0 aliphatic carbocycles. The monoisotopic (exact) mass is 373 g/mol. The fourth-order valence-corrected chi connectivity index (χ4v) is 5.60. The van der Waals surface area contributed by atoms with Crippen molar-refractivity contribution in [2.24, 2.45) is 0 Å². The second kappa shape index (κ2) is 6.53. The maximum absolute atomic E-state index is 13.4. The van der Waals surface area contributed by atoms with Crippen LogP contribution in [0.25, 0.3) is 0 Å². The highest BCUT2D eigenvalue weighted by molar-refractivity contribution is 7.91. The van der Waals surface area contributed by atoms with Crippen molar-refractivity contribution in [2.75, 3.05) is 38.7 Å². The lowest BCUT2D eigenvalue weighted by atomic mass is 10.0. The molecule has 1 aromatic carbocycles. The van der Waals surface area contributed by atoms with Gasteiger partial charge in [-0.1, -0.05) is 6.07 Å². The Hall–Kier alpha value is -1.74. The van der Waals surface area contributed by atoms with Gasteiger partial charge in [-0.05, 0) is 17.7 Å². The Morgan fingerprint density at radius 3 is 2.48 bits per heavy atom. The number of urea groups is 1. The van der Waals surface area contributed by atoms with Crippen LogP contribution in [0.2, 0.25) is 0 Å². The summed E-state index contributed by atoms with van der Waals surface area (Å²) in [7, 11) is 0.0176. The average molecular weight is 373 g/mol. The van der Waals surface area contributed by atoms with Crippen LogP contribution in [0.5, 0.6) is 0 Å². The molecule has 2 saturated heterocycles. The van der Waals surface area contributed by atoms with Gasteiger partial charge >= 0.3 is 6.03 Å². The molecule has 3 rings (SSSR count). The Bertz CT molecular complexity index is 785. The minimum atomic E-state index is -3.25. The molecule has 2 aliphatic rings. The van der Waals surface area contributed by atoms with Crippen molar-refractivity contribution in [1.82, 2.24) is 14.7 Å². The quantitative estimate of drug-likeness (QED) is 0.774. The first-order valence-electron chi connectivity index (χ1n) is 8.04. The molecule has 2 heterocycles. The van der Waals surface area contributed by atoms with Crippen LogP contribution in [0.15, 0.2) is 18.2 Å². The van der Waals surface area contributed by atoms with E-state index in [-0.39, 0.29) is 23.6 Å². The average Bonchev–Trinajstić information content (AvgIpc) is 2.86. The maximum atomic E-state index is 13.4. The number of amides is 2. The SMILES string of the molecule is CN(C)C(=O)N1CCN(Cc2ccc(F)c(F)c2)[C@@H]2CS(=O)(=O)C[C@@H]21. The number of benzene rings is 1. The molecular weight excluding hydrogens is 352 g/mol. The van der Waals surface area contributed by atoms with Crippen LogP contribution in [-0.4, -0.2) is 79.9 Å². The van der Waals surface area contributed by atoms with Crippen molar-refractivity contribution in [3.8, 4) is 0 Å². The summed E-state index contributed by atoms with van der Waals surface area (Å²) in [6.07, 6.45) is 0. The van der Waals surface area contributed by atoms with Crippen LogP contribution >= 0.6 is 0 Å². The summed E-state index contributed by atoms with van der Waals surface area (Å²) < 4.78 is 50.8. The maximum Gasteiger partial charge on any atom is 0.319 e. The molecule has 0 N–H and O–H groups in total. The topological polar surface area (TPSA) is 60.9 Å². The summed E-state index contributed by atoms with van der Waals surface area (Å²) >= 11 is 0. The molecule has 2 aliphatic heterocycles. The lowest BCUT2D eigenvalue weighted by Gasteiger charge is -2.44. The van der Waals surface area contributed by atoms with Gasteiger partial charge in [0.2, 0.25) is 0 Å². The zero-order valence-corrected chi connectivity index (χ0v) is 15.0. The Morgan fingerprint density at radius 1 is 1.16 bits per heavy atom. The van der Waals surface area contributed by atoms with Gasteiger partial charge in [0.15, 0.2) is 21.5 Å². The van der Waals surface area contributed by atoms with E-state index in [1.165, 1.54) is 11.0 Å². The lowest BCUT2D eigenvalue weighted by Crippen LogP contribution is -2.61. The molecular formula is C16H21F2N3O3S. The van der Waals surface area contributed by atoms with Gasteiger partial charge in [0, 0.05) is 39.8 Å². The number of sulfone groups is 1. The van der Waals surface area contributed by atoms with E-state index in [1.807, 2.05) is 4.90 Å². The number of carbonyl (C=O) groups is 1. The predicted octanol–water partition coefficient (Wildman–Crippen LogP) is 0.930. The Morgan fingerprint density at radius 2 is 1.84 bits per heavy atom. The molecule has 0 radical (unpaired) electrons. The molecule has 9 heteroatoms. The summed E-state index contributed by atoms with van der Waals surface area (Å²) in [4.78, 5) is 17.3. The van der Waals surface area contributed by atoms with Crippen molar-refractivity contribution >= 4 is 15.9 Å². The van der Waals surface area contributed by atoms with Gasteiger partial charge in [-0.3, -0.25) is 4.90 Å². The Labute approximate surface area is 145 Å². The van der Waals surface area contributed by atoms with Gasteiger partial charge in [-0.25, -0.2) is 22.0 Å². The molecule has 0 saturated carbocycles. The van der Waals surface area contributed by atoms with Crippen molar-refractivity contribution in [2.45, 2.75) is 18.6 Å². The molecule has 2 fully saturated rings. The molecule has 0 spiro atoms. The van der Waals surface area contributed by atoms with E-state index >= 15 is 0 Å². The van der Waals surface area contributed by atoms with E-state index in [0.29, 0.717) is 25.2 Å². The van der Waals surface area contributed by atoms with Crippen LogP contribution in [0, 0.1) is 11.6 Å². The van der Waals surface area contributed by atoms with Crippen LogP contribution in [0.1, 0.15) is 5.56 Å². The smallest absolute Gasteiger partial charge is 0.319 e. The van der Waals surface area contributed by atoms with Gasteiger partial charge in [-0.15, -0.1) is 0 Å². The highest BCUT2D eigenvalue weighted by Gasteiger charge is 2.48. The zero-order valence-electron chi connectivity index (χ0n) is 14.2. The number of rotatable bonds is 2. The van der Waals surface area contributed by atoms with E-state index in [2.05, 4.69) is 0 Å². The lowest BCUT2D eigenvalue weighted by molar-refractivity contribution is 0.0520. The van der Waals surface area contributed by atoms with Gasteiger partial charge in [0.25, 0.3) is 0 Å². The minimum Gasteiger partial charge on any atom is -0.331 e. The number of fused-ring (bicyclic) bond motifs is 1. The standard InChI is InChI=1S/C16H21F2N3O3S/c1-19(2)16(22)21-6-5-20(14-9-25(23,24)10-15(14)21)8-11-3-4-12(17)13(18)7-11/h3-4,7,14-15H,5-6,8-10H2,1-2H3/t14-,15+/m1/s1. The molecule has 2 amide bonds. The third-order valence-electron chi connectivity index (χ3n) is 4.79. The predicted molar refractivity (Wildman–Crippen MR) is 88.8 cm³/mol.